The Morgan fingerprint density at radius 3 is 2.53 bits per heavy atom. The molecule has 5 rings (SSSR count). The molecule has 0 saturated carbocycles. The van der Waals surface area contributed by atoms with Crippen molar-refractivity contribution < 1.29 is 9.18 Å². The Kier molecular flexibility index (Phi) is 4.45. The van der Waals surface area contributed by atoms with Crippen LogP contribution < -0.4 is 4.90 Å². The van der Waals surface area contributed by atoms with E-state index in [2.05, 4.69) is 25.1 Å². The van der Waals surface area contributed by atoms with Gasteiger partial charge in [0.2, 0.25) is 5.95 Å². The quantitative estimate of drug-likeness (QED) is 0.662. The molecule has 1 aromatic carbocycles. The number of hydrogen-bond acceptors (Lipinski definition) is 6. The van der Waals surface area contributed by atoms with E-state index in [-0.39, 0.29) is 17.5 Å². The van der Waals surface area contributed by atoms with Crippen LogP contribution in [0.15, 0.2) is 36.7 Å². The molecular weight excluding hydrogens is 385 g/mol. The summed E-state index contributed by atoms with van der Waals surface area (Å²) >= 11 is 0. The van der Waals surface area contributed by atoms with Crippen molar-refractivity contribution in [3.63, 3.8) is 0 Å². The molecule has 9 heteroatoms. The first-order valence-corrected chi connectivity index (χ1v) is 10.0. The first-order chi connectivity index (χ1) is 14.5. The molecule has 2 fully saturated rings. The fourth-order valence-corrected chi connectivity index (χ4v) is 4.41. The van der Waals surface area contributed by atoms with Crippen molar-refractivity contribution in [2.45, 2.75) is 26.3 Å². The number of nitrogens with zero attached hydrogens (tertiary/aromatic N) is 7. The molecule has 1 amide bonds. The molecule has 0 bridgehead atoms. The van der Waals surface area contributed by atoms with Crippen LogP contribution in [0.2, 0.25) is 0 Å². The summed E-state index contributed by atoms with van der Waals surface area (Å²) in [7, 11) is 0. The molecule has 0 N–H and O–H groups in total. The summed E-state index contributed by atoms with van der Waals surface area (Å²) in [4.78, 5) is 27.8. The van der Waals surface area contributed by atoms with Gasteiger partial charge >= 0.3 is 0 Å². The predicted molar refractivity (Wildman–Crippen MR) is 108 cm³/mol. The summed E-state index contributed by atoms with van der Waals surface area (Å²) in [5.74, 6) is 0.486. The second kappa shape index (κ2) is 7.16. The maximum Gasteiger partial charge on any atom is 0.256 e. The molecule has 154 valence electrons. The molecule has 2 aromatic heterocycles. The number of piperidine rings is 1. The second-order valence-electron chi connectivity index (χ2n) is 7.95. The summed E-state index contributed by atoms with van der Waals surface area (Å²) in [6.45, 7) is 6.13. The SMILES string of the molecule is Cc1cc(C)nc(N2CC[C@@H]3CN(C(=O)c4cc(F)ccc4-n4nccn4)[C@H]3C2)n1. The standard InChI is InChI=1S/C21H22FN7O/c1-13-9-14(2)26-21(25-13)27-8-5-15-11-28(19(15)12-27)20(30)17-10-16(22)3-4-18(17)29-23-6-7-24-29/h3-4,6-7,9-10,15,19H,5,8,11-12H2,1-2H3/t15-,19+/m1/s1. The third-order valence-electron chi connectivity index (χ3n) is 5.89. The molecule has 2 aliphatic heterocycles. The molecule has 4 heterocycles. The van der Waals surface area contributed by atoms with Gasteiger partial charge in [-0.25, -0.2) is 14.4 Å². The molecule has 2 atom stereocenters. The maximum absolute atomic E-state index is 14.0. The number of amides is 1. The zero-order valence-corrected chi connectivity index (χ0v) is 16.9. The highest BCUT2D eigenvalue weighted by Crippen LogP contribution is 2.35. The van der Waals surface area contributed by atoms with Gasteiger partial charge in [0, 0.05) is 36.9 Å². The van der Waals surface area contributed by atoms with Gasteiger partial charge in [-0.3, -0.25) is 4.79 Å². The zero-order chi connectivity index (χ0) is 20.8. The van der Waals surface area contributed by atoms with Crippen molar-refractivity contribution >= 4 is 11.9 Å². The Hall–Kier alpha value is -3.36. The smallest absolute Gasteiger partial charge is 0.256 e. The average Bonchev–Trinajstić information content (AvgIpc) is 3.22. The minimum atomic E-state index is -0.458. The van der Waals surface area contributed by atoms with Gasteiger partial charge in [0.1, 0.15) is 5.82 Å². The normalized spacial score (nSPS) is 20.6. The van der Waals surface area contributed by atoms with Crippen LogP contribution in [0.25, 0.3) is 5.69 Å². The Morgan fingerprint density at radius 2 is 1.80 bits per heavy atom. The summed E-state index contributed by atoms with van der Waals surface area (Å²) in [5, 5.41) is 8.20. The Labute approximate surface area is 173 Å². The molecular formula is C21H22FN7O. The van der Waals surface area contributed by atoms with Gasteiger partial charge in [-0.2, -0.15) is 15.0 Å². The largest absolute Gasteiger partial charge is 0.339 e. The highest BCUT2D eigenvalue weighted by molar-refractivity contribution is 5.98. The van der Waals surface area contributed by atoms with Gasteiger partial charge in [-0.15, -0.1) is 0 Å². The number of rotatable bonds is 3. The predicted octanol–water partition coefficient (Wildman–Crippen LogP) is 2.16. The van der Waals surface area contributed by atoms with E-state index in [1.54, 1.807) is 0 Å². The number of aryl methyl sites for hydroxylation is 2. The van der Waals surface area contributed by atoms with Crippen LogP contribution in [0.1, 0.15) is 28.2 Å². The Balaban J connectivity index is 1.40. The number of benzene rings is 1. The van der Waals surface area contributed by atoms with E-state index in [1.807, 2.05) is 24.8 Å². The summed E-state index contributed by atoms with van der Waals surface area (Å²) in [6, 6.07) is 6.12. The Bertz CT molecular complexity index is 1080. The highest BCUT2D eigenvalue weighted by Gasteiger charge is 2.46. The summed E-state index contributed by atoms with van der Waals surface area (Å²) in [6.07, 6.45) is 4.03. The molecule has 3 aromatic rings. The minimum Gasteiger partial charge on any atom is -0.339 e. The van der Waals surface area contributed by atoms with Crippen molar-refractivity contribution in [2.75, 3.05) is 24.5 Å². The minimum absolute atomic E-state index is 0.0531. The number of aromatic nitrogens is 5. The number of halogens is 1. The van der Waals surface area contributed by atoms with E-state index in [4.69, 9.17) is 0 Å². The molecule has 2 aliphatic rings. The zero-order valence-electron chi connectivity index (χ0n) is 16.9. The van der Waals surface area contributed by atoms with Crippen molar-refractivity contribution in [3.8, 4) is 5.69 Å². The maximum atomic E-state index is 14.0. The lowest BCUT2D eigenvalue weighted by Gasteiger charge is -2.53. The van der Waals surface area contributed by atoms with Crippen LogP contribution in [0, 0.1) is 25.6 Å². The summed E-state index contributed by atoms with van der Waals surface area (Å²) < 4.78 is 14.0. The monoisotopic (exact) mass is 407 g/mol. The number of carbonyl (C=O) groups excluding carboxylic acids is 1. The fourth-order valence-electron chi connectivity index (χ4n) is 4.41. The first kappa shape index (κ1) is 18.7. The number of hydrogen-bond donors (Lipinski definition) is 0. The molecule has 0 radical (unpaired) electrons. The lowest BCUT2D eigenvalue weighted by atomic mass is 9.81. The van der Waals surface area contributed by atoms with E-state index < -0.39 is 5.82 Å². The lowest BCUT2D eigenvalue weighted by Crippen LogP contribution is -2.66. The van der Waals surface area contributed by atoms with E-state index in [0.717, 1.165) is 24.4 Å². The van der Waals surface area contributed by atoms with Crippen LogP contribution >= 0.6 is 0 Å². The molecule has 2 saturated heterocycles. The Morgan fingerprint density at radius 1 is 1.07 bits per heavy atom. The topological polar surface area (TPSA) is 80.0 Å². The van der Waals surface area contributed by atoms with Crippen LogP contribution in [-0.2, 0) is 0 Å². The van der Waals surface area contributed by atoms with Gasteiger partial charge in [-0.05, 0) is 44.5 Å². The van der Waals surface area contributed by atoms with Crippen molar-refractivity contribution in [3.05, 3.63) is 59.4 Å². The fraction of sp³-hybridized carbons (Fsp3) is 0.381. The van der Waals surface area contributed by atoms with Crippen LogP contribution in [0.5, 0.6) is 0 Å². The van der Waals surface area contributed by atoms with Gasteiger partial charge < -0.3 is 9.80 Å². The number of anilines is 1. The van der Waals surface area contributed by atoms with Crippen LogP contribution in [0.3, 0.4) is 0 Å². The van der Waals surface area contributed by atoms with E-state index in [1.165, 1.54) is 35.4 Å². The number of fused-ring (bicyclic) bond motifs is 1. The average molecular weight is 407 g/mol. The molecule has 8 nitrogen and oxygen atoms in total. The van der Waals surface area contributed by atoms with Crippen molar-refractivity contribution in [1.29, 1.82) is 0 Å². The summed E-state index contributed by atoms with van der Waals surface area (Å²) in [5.41, 5.74) is 2.60. The lowest BCUT2D eigenvalue weighted by molar-refractivity contribution is 0.00762. The van der Waals surface area contributed by atoms with Crippen molar-refractivity contribution in [2.24, 2.45) is 5.92 Å². The third kappa shape index (κ3) is 3.20. The highest BCUT2D eigenvalue weighted by atomic mass is 19.1. The van der Waals surface area contributed by atoms with E-state index >= 15 is 0 Å². The van der Waals surface area contributed by atoms with Gasteiger partial charge in [0.25, 0.3) is 5.91 Å². The number of likely N-dealkylation sites (tertiary alicyclic amines) is 1. The van der Waals surface area contributed by atoms with Gasteiger partial charge in [-0.1, -0.05) is 0 Å². The third-order valence-corrected chi connectivity index (χ3v) is 5.89. The molecule has 0 aliphatic carbocycles. The van der Waals surface area contributed by atoms with E-state index in [9.17, 15) is 9.18 Å². The van der Waals surface area contributed by atoms with E-state index in [0.29, 0.717) is 30.6 Å². The number of carbonyl (C=O) groups is 1. The molecule has 30 heavy (non-hydrogen) atoms. The first-order valence-electron chi connectivity index (χ1n) is 10.0. The second-order valence-corrected chi connectivity index (χ2v) is 7.95. The van der Waals surface area contributed by atoms with Crippen molar-refractivity contribution in [1.82, 2.24) is 29.9 Å². The molecule has 0 unspecified atom stereocenters. The van der Waals surface area contributed by atoms with Crippen LogP contribution in [-0.4, -0.2) is 61.4 Å². The van der Waals surface area contributed by atoms with Gasteiger partial charge in [0.05, 0.1) is 29.7 Å². The van der Waals surface area contributed by atoms with Gasteiger partial charge in [0.15, 0.2) is 0 Å². The molecule has 0 spiro atoms. The van der Waals surface area contributed by atoms with Crippen LogP contribution in [0.4, 0.5) is 10.3 Å².